The molecular formula is C22H30N2O3. The van der Waals surface area contributed by atoms with E-state index in [9.17, 15) is 4.79 Å². The van der Waals surface area contributed by atoms with E-state index in [0.717, 1.165) is 29.9 Å². The van der Waals surface area contributed by atoms with Crippen LogP contribution in [-0.2, 0) is 4.79 Å². The number of carbonyl (C=O) groups excluding carboxylic acids is 1. The lowest BCUT2D eigenvalue weighted by Crippen LogP contribution is -2.38. The van der Waals surface area contributed by atoms with Gasteiger partial charge in [-0.3, -0.25) is 9.69 Å². The van der Waals surface area contributed by atoms with Crippen LogP contribution in [0.5, 0.6) is 11.5 Å². The Morgan fingerprint density at radius 3 is 2.37 bits per heavy atom. The second-order valence-electron chi connectivity index (χ2n) is 6.58. The van der Waals surface area contributed by atoms with Crippen LogP contribution in [0, 0.1) is 0 Å². The van der Waals surface area contributed by atoms with Gasteiger partial charge in [0.2, 0.25) is 5.91 Å². The second-order valence-corrected chi connectivity index (χ2v) is 6.58. The fourth-order valence-corrected chi connectivity index (χ4v) is 2.85. The number of benzene rings is 2. The summed E-state index contributed by atoms with van der Waals surface area (Å²) in [6.07, 6.45) is 1.95. The molecule has 0 heterocycles. The van der Waals surface area contributed by atoms with Crippen molar-refractivity contribution in [3.63, 3.8) is 0 Å². The molecule has 2 rings (SSSR count). The Bertz CT molecular complexity index is 674. The van der Waals surface area contributed by atoms with Crippen molar-refractivity contribution < 1.29 is 14.3 Å². The lowest BCUT2D eigenvalue weighted by Gasteiger charge is -2.21. The minimum atomic E-state index is 0.0317. The van der Waals surface area contributed by atoms with Gasteiger partial charge in [0.05, 0.1) is 19.7 Å². The van der Waals surface area contributed by atoms with Crippen molar-refractivity contribution >= 4 is 5.91 Å². The van der Waals surface area contributed by atoms with Crippen molar-refractivity contribution in [1.82, 2.24) is 10.2 Å². The molecule has 2 aromatic carbocycles. The van der Waals surface area contributed by atoms with Crippen LogP contribution in [0.15, 0.2) is 54.6 Å². The Labute approximate surface area is 162 Å². The monoisotopic (exact) mass is 370 g/mol. The molecule has 0 bridgehead atoms. The summed E-state index contributed by atoms with van der Waals surface area (Å²) in [5, 5.41) is 3.15. The summed E-state index contributed by atoms with van der Waals surface area (Å²) in [5.41, 5.74) is 1.15. The molecule has 0 saturated heterocycles. The van der Waals surface area contributed by atoms with Gasteiger partial charge in [0, 0.05) is 6.54 Å². The summed E-state index contributed by atoms with van der Waals surface area (Å²) in [7, 11) is 3.56. The van der Waals surface area contributed by atoms with E-state index in [1.54, 1.807) is 7.11 Å². The largest absolute Gasteiger partial charge is 0.497 e. The highest BCUT2D eigenvalue weighted by Crippen LogP contribution is 2.18. The van der Waals surface area contributed by atoms with Gasteiger partial charge in [-0.1, -0.05) is 43.7 Å². The number of hydrogen-bond acceptors (Lipinski definition) is 4. The van der Waals surface area contributed by atoms with Gasteiger partial charge in [-0.15, -0.1) is 0 Å². The standard InChI is InChI=1S/C22H30N2O3/c1-4-8-21(18-9-6-5-7-10-18)23-22(25)17-24(2)15-16-27-20-13-11-19(26-3)12-14-20/h5-7,9-14,21H,4,8,15-17H2,1-3H3,(H,23,25)/t21-/m1/s1. The van der Waals surface area contributed by atoms with Gasteiger partial charge in [-0.05, 0) is 43.3 Å². The summed E-state index contributed by atoms with van der Waals surface area (Å²) in [6.45, 7) is 3.67. The molecule has 2 aromatic rings. The molecule has 0 aliphatic heterocycles. The van der Waals surface area contributed by atoms with Crippen LogP contribution in [0.3, 0.4) is 0 Å². The van der Waals surface area contributed by atoms with Gasteiger partial charge in [0.1, 0.15) is 18.1 Å². The molecule has 1 N–H and O–H groups in total. The second kappa shape index (κ2) is 11.2. The highest BCUT2D eigenvalue weighted by atomic mass is 16.5. The van der Waals surface area contributed by atoms with Crippen molar-refractivity contribution in [2.24, 2.45) is 0 Å². The van der Waals surface area contributed by atoms with E-state index in [-0.39, 0.29) is 11.9 Å². The van der Waals surface area contributed by atoms with Crippen molar-refractivity contribution in [3.05, 3.63) is 60.2 Å². The van der Waals surface area contributed by atoms with E-state index in [2.05, 4.69) is 24.4 Å². The van der Waals surface area contributed by atoms with Crippen LogP contribution in [0.2, 0.25) is 0 Å². The number of methoxy groups -OCH3 is 1. The number of likely N-dealkylation sites (N-methyl/N-ethyl adjacent to an activating group) is 1. The minimum Gasteiger partial charge on any atom is -0.497 e. The lowest BCUT2D eigenvalue weighted by molar-refractivity contribution is -0.122. The molecular weight excluding hydrogens is 340 g/mol. The van der Waals surface area contributed by atoms with Gasteiger partial charge >= 0.3 is 0 Å². The number of hydrogen-bond donors (Lipinski definition) is 1. The van der Waals surface area contributed by atoms with Crippen molar-refractivity contribution in [2.45, 2.75) is 25.8 Å². The Hall–Kier alpha value is -2.53. The van der Waals surface area contributed by atoms with Gasteiger partial charge in [0.15, 0.2) is 0 Å². The molecule has 1 atom stereocenters. The molecule has 0 saturated carbocycles. The number of amides is 1. The predicted molar refractivity (Wildman–Crippen MR) is 108 cm³/mol. The van der Waals surface area contributed by atoms with Crippen LogP contribution >= 0.6 is 0 Å². The molecule has 0 aliphatic rings. The first kappa shape index (κ1) is 20.8. The maximum absolute atomic E-state index is 12.4. The van der Waals surface area contributed by atoms with E-state index in [0.29, 0.717) is 19.7 Å². The topological polar surface area (TPSA) is 50.8 Å². The third-order valence-corrected chi connectivity index (χ3v) is 4.33. The van der Waals surface area contributed by atoms with E-state index < -0.39 is 0 Å². The Morgan fingerprint density at radius 2 is 1.74 bits per heavy atom. The number of nitrogens with one attached hydrogen (secondary N) is 1. The fourth-order valence-electron chi connectivity index (χ4n) is 2.85. The Morgan fingerprint density at radius 1 is 1.07 bits per heavy atom. The zero-order valence-corrected chi connectivity index (χ0v) is 16.5. The maximum Gasteiger partial charge on any atom is 0.234 e. The van der Waals surface area contributed by atoms with Crippen molar-refractivity contribution in [1.29, 1.82) is 0 Å². The zero-order chi connectivity index (χ0) is 19.5. The average molecular weight is 370 g/mol. The molecule has 0 aliphatic carbocycles. The highest BCUT2D eigenvalue weighted by Gasteiger charge is 2.14. The quantitative estimate of drug-likeness (QED) is 0.656. The first-order valence-electron chi connectivity index (χ1n) is 9.42. The maximum atomic E-state index is 12.4. The smallest absolute Gasteiger partial charge is 0.234 e. The summed E-state index contributed by atoms with van der Waals surface area (Å²) >= 11 is 0. The van der Waals surface area contributed by atoms with Gasteiger partial charge in [-0.2, -0.15) is 0 Å². The molecule has 0 fully saturated rings. The minimum absolute atomic E-state index is 0.0317. The normalized spacial score (nSPS) is 11.9. The Kier molecular flexibility index (Phi) is 8.65. The molecule has 146 valence electrons. The first-order valence-corrected chi connectivity index (χ1v) is 9.42. The number of ether oxygens (including phenoxy) is 2. The third kappa shape index (κ3) is 7.31. The predicted octanol–water partition coefficient (Wildman–Crippen LogP) is 3.66. The van der Waals surface area contributed by atoms with E-state index in [1.165, 1.54) is 0 Å². The van der Waals surface area contributed by atoms with E-state index in [4.69, 9.17) is 9.47 Å². The number of rotatable bonds is 11. The molecule has 0 radical (unpaired) electrons. The van der Waals surface area contributed by atoms with Gasteiger partial charge in [0.25, 0.3) is 0 Å². The summed E-state index contributed by atoms with van der Waals surface area (Å²) in [6, 6.07) is 17.7. The number of nitrogens with zero attached hydrogens (tertiary/aromatic N) is 1. The van der Waals surface area contributed by atoms with Gasteiger partial charge < -0.3 is 14.8 Å². The van der Waals surface area contributed by atoms with Crippen molar-refractivity contribution in [2.75, 3.05) is 33.9 Å². The zero-order valence-electron chi connectivity index (χ0n) is 16.5. The summed E-state index contributed by atoms with van der Waals surface area (Å²) in [4.78, 5) is 14.4. The molecule has 0 aromatic heterocycles. The van der Waals surface area contributed by atoms with Crippen molar-refractivity contribution in [3.8, 4) is 11.5 Å². The average Bonchev–Trinajstić information content (AvgIpc) is 2.69. The summed E-state index contributed by atoms with van der Waals surface area (Å²) in [5.74, 6) is 1.63. The lowest BCUT2D eigenvalue weighted by atomic mass is 10.0. The van der Waals surface area contributed by atoms with Crippen LogP contribution in [0.4, 0.5) is 0 Å². The first-order chi connectivity index (χ1) is 13.1. The van der Waals surface area contributed by atoms with E-state index in [1.807, 2.05) is 54.4 Å². The third-order valence-electron chi connectivity index (χ3n) is 4.33. The number of carbonyl (C=O) groups is 1. The summed E-state index contributed by atoms with van der Waals surface area (Å²) < 4.78 is 10.8. The van der Waals surface area contributed by atoms with Crippen LogP contribution in [0.1, 0.15) is 31.4 Å². The molecule has 27 heavy (non-hydrogen) atoms. The fraction of sp³-hybridized carbons (Fsp3) is 0.409. The van der Waals surface area contributed by atoms with Crippen LogP contribution in [-0.4, -0.2) is 44.7 Å². The van der Waals surface area contributed by atoms with E-state index >= 15 is 0 Å². The highest BCUT2D eigenvalue weighted by molar-refractivity contribution is 5.78. The molecule has 1 amide bonds. The molecule has 0 spiro atoms. The molecule has 5 heteroatoms. The van der Waals surface area contributed by atoms with Crippen LogP contribution in [0.25, 0.3) is 0 Å². The SMILES string of the molecule is CCC[C@@H](NC(=O)CN(C)CCOc1ccc(OC)cc1)c1ccccc1. The Balaban J connectivity index is 1.75. The molecule has 0 unspecified atom stereocenters. The van der Waals surface area contributed by atoms with Gasteiger partial charge in [-0.25, -0.2) is 0 Å². The molecule has 5 nitrogen and oxygen atoms in total. The van der Waals surface area contributed by atoms with Crippen LogP contribution < -0.4 is 14.8 Å².